The molecule has 1 N–H and O–H groups in total. The van der Waals surface area contributed by atoms with Crippen molar-refractivity contribution in [3.8, 4) is 11.4 Å². The van der Waals surface area contributed by atoms with E-state index >= 15 is 0 Å². The van der Waals surface area contributed by atoms with Crippen LogP contribution in [0, 0.1) is 0 Å². The normalized spacial score (nSPS) is 15.9. The highest BCUT2D eigenvalue weighted by atomic mass is 16.1. The number of piperazine rings is 1. The van der Waals surface area contributed by atoms with Crippen LogP contribution in [0.5, 0.6) is 0 Å². The molecule has 3 aromatic rings. The van der Waals surface area contributed by atoms with E-state index in [9.17, 15) is 4.79 Å². The molecule has 7 nitrogen and oxygen atoms in total. The van der Waals surface area contributed by atoms with Crippen LogP contribution < -0.4 is 5.32 Å². The number of pyridine rings is 1. The number of likely N-dealkylation sites (N-methyl/N-ethyl adjacent to an activating group) is 1. The van der Waals surface area contributed by atoms with Gasteiger partial charge < -0.3 is 10.2 Å². The molecule has 1 aromatic carbocycles. The highest BCUT2D eigenvalue weighted by Gasteiger charge is 2.14. The second-order valence-corrected chi connectivity index (χ2v) is 6.94. The van der Waals surface area contributed by atoms with Gasteiger partial charge in [-0.3, -0.25) is 14.1 Å². The van der Waals surface area contributed by atoms with Crippen LogP contribution in [0.4, 0.5) is 0 Å². The maximum Gasteiger partial charge on any atom is 0.252 e. The van der Waals surface area contributed by atoms with Crippen LogP contribution in [0.25, 0.3) is 17.0 Å². The minimum Gasteiger partial charge on any atom is -0.351 e. The van der Waals surface area contributed by atoms with Crippen molar-refractivity contribution < 1.29 is 4.79 Å². The molecule has 1 aliphatic heterocycles. The third-order valence-electron chi connectivity index (χ3n) is 5.01. The van der Waals surface area contributed by atoms with E-state index in [2.05, 4.69) is 32.4 Å². The molecule has 1 saturated heterocycles. The fourth-order valence-corrected chi connectivity index (χ4v) is 3.31. The lowest BCUT2D eigenvalue weighted by Gasteiger charge is -2.32. The Hall–Kier alpha value is -2.77. The molecule has 0 atom stereocenters. The highest BCUT2D eigenvalue weighted by molar-refractivity contribution is 5.94. The Morgan fingerprint density at radius 3 is 2.59 bits per heavy atom. The molecule has 1 fully saturated rings. The summed E-state index contributed by atoms with van der Waals surface area (Å²) in [6, 6.07) is 13.5. The summed E-state index contributed by atoms with van der Waals surface area (Å²) in [6.45, 7) is 5.80. The number of hydrogen-bond acceptors (Lipinski definition) is 5. The minimum atomic E-state index is -0.0706. The standard InChI is InChI=1S/C20H24N6O/c1-24-11-13-25(14-12-24)10-9-21-20(27)17-7-8-18-22-23-19(26(18)15-17)16-5-3-2-4-6-16/h2-8,15H,9-14H2,1H3,(H,21,27). The maximum atomic E-state index is 12.6. The van der Waals surface area contributed by atoms with Gasteiger partial charge in [0.15, 0.2) is 11.5 Å². The molecule has 0 radical (unpaired) electrons. The summed E-state index contributed by atoms with van der Waals surface area (Å²) in [4.78, 5) is 17.3. The van der Waals surface area contributed by atoms with Crippen molar-refractivity contribution >= 4 is 11.6 Å². The lowest BCUT2D eigenvalue weighted by Crippen LogP contribution is -2.46. The van der Waals surface area contributed by atoms with E-state index in [1.807, 2.05) is 47.0 Å². The van der Waals surface area contributed by atoms with Crippen LogP contribution >= 0.6 is 0 Å². The molecule has 4 rings (SSSR count). The molecular weight excluding hydrogens is 340 g/mol. The molecule has 7 heteroatoms. The van der Waals surface area contributed by atoms with Crippen molar-refractivity contribution in [3.63, 3.8) is 0 Å². The first-order valence-electron chi connectivity index (χ1n) is 9.30. The first-order valence-corrected chi connectivity index (χ1v) is 9.30. The molecule has 0 spiro atoms. The molecule has 0 unspecified atom stereocenters. The van der Waals surface area contributed by atoms with E-state index in [0.717, 1.165) is 49.8 Å². The average Bonchev–Trinajstić information content (AvgIpc) is 3.13. The molecule has 2 aromatic heterocycles. The van der Waals surface area contributed by atoms with Crippen molar-refractivity contribution in [2.75, 3.05) is 46.3 Å². The van der Waals surface area contributed by atoms with Crippen molar-refractivity contribution in [3.05, 3.63) is 54.2 Å². The lowest BCUT2D eigenvalue weighted by molar-refractivity contribution is 0.0940. The zero-order valence-corrected chi connectivity index (χ0v) is 15.5. The van der Waals surface area contributed by atoms with E-state index in [1.165, 1.54) is 0 Å². The summed E-state index contributed by atoms with van der Waals surface area (Å²) in [5.74, 6) is 0.663. The van der Waals surface area contributed by atoms with Gasteiger partial charge in [0, 0.05) is 51.0 Å². The van der Waals surface area contributed by atoms with Crippen molar-refractivity contribution in [1.29, 1.82) is 0 Å². The van der Waals surface area contributed by atoms with E-state index < -0.39 is 0 Å². The topological polar surface area (TPSA) is 65.8 Å². The Morgan fingerprint density at radius 2 is 1.81 bits per heavy atom. The van der Waals surface area contributed by atoms with E-state index in [1.54, 1.807) is 6.07 Å². The van der Waals surface area contributed by atoms with E-state index in [0.29, 0.717) is 12.1 Å². The third-order valence-corrected chi connectivity index (χ3v) is 5.01. The number of amides is 1. The Labute approximate surface area is 158 Å². The predicted molar refractivity (Wildman–Crippen MR) is 105 cm³/mol. The van der Waals surface area contributed by atoms with Crippen LogP contribution in [0.2, 0.25) is 0 Å². The van der Waals surface area contributed by atoms with Gasteiger partial charge in [-0.15, -0.1) is 10.2 Å². The number of carbonyl (C=O) groups is 1. The minimum absolute atomic E-state index is 0.0706. The molecule has 27 heavy (non-hydrogen) atoms. The van der Waals surface area contributed by atoms with Crippen LogP contribution in [-0.2, 0) is 0 Å². The zero-order chi connectivity index (χ0) is 18.6. The van der Waals surface area contributed by atoms with Gasteiger partial charge in [-0.05, 0) is 19.2 Å². The summed E-state index contributed by atoms with van der Waals surface area (Å²) < 4.78 is 1.87. The number of rotatable bonds is 5. The molecule has 0 aliphatic carbocycles. The van der Waals surface area contributed by atoms with Crippen LogP contribution in [-0.4, -0.2) is 76.6 Å². The van der Waals surface area contributed by atoms with E-state index in [-0.39, 0.29) is 5.91 Å². The van der Waals surface area contributed by atoms with Crippen molar-refractivity contribution in [2.24, 2.45) is 0 Å². The Kier molecular flexibility index (Phi) is 5.13. The van der Waals surface area contributed by atoms with Gasteiger partial charge in [0.25, 0.3) is 5.91 Å². The van der Waals surface area contributed by atoms with E-state index in [4.69, 9.17) is 0 Å². The number of nitrogens with zero attached hydrogens (tertiary/aromatic N) is 5. The molecule has 0 saturated carbocycles. The SMILES string of the molecule is CN1CCN(CCNC(=O)c2ccc3nnc(-c4ccccc4)n3c2)CC1. The number of carbonyl (C=O) groups excluding carboxylic acids is 1. The monoisotopic (exact) mass is 364 g/mol. The van der Waals surface area contributed by atoms with Crippen LogP contribution in [0.1, 0.15) is 10.4 Å². The molecule has 1 amide bonds. The predicted octanol–water partition coefficient (Wildman–Crippen LogP) is 1.37. The molecule has 3 heterocycles. The summed E-state index contributed by atoms with van der Waals surface area (Å²) in [7, 11) is 2.14. The number of hydrogen-bond donors (Lipinski definition) is 1. The largest absolute Gasteiger partial charge is 0.351 e. The Balaban J connectivity index is 1.43. The fourth-order valence-electron chi connectivity index (χ4n) is 3.31. The summed E-state index contributed by atoms with van der Waals surface area (Å²) in [6.07, 6.45) is 1.81. The first kappa shape index (κ1) is 17.6. The zero-order valence-electron chi connectivity index (χ0n) is 15.5. The molecule has 0 bridgehead atoms. The molecule has 140 valence electrons. The van der Waals surface area contributed by atoms with Gasteiger partial charge in [0.05, 0.1) is 5.56 Å². The van der Waals surface area contributed by atoms with Gasteiger partial charge >= 0.3 is 0 Å². The summed E-state index contributed by atoms with van der Waals surface area (Å²) >= 11 is 0. The lowest BCUT2D eigenvalue weighted by atomic mass is 10.2. The average molecular weight is 364 g/mol. The number of nitrogens with one attached hydrogen (secondary N) is 1. The van der Waals surface area contributed by atoms with Gasteiger partial charge in [-0.25, -0.2) is 0 Å². The molecular formula is C20H24N6O. The van der Waals surface area contributed by atoms with Gasteiger partial charge in [0.1, 0.15) is 0 Å². The molecule has 1 aliphatic rings. The van der Waals surface area contributed by atoms with Gasteiger partial charge in [0.2, 0.25) is 0 Å². The summed E-state index contributed by atoms with van der Waals surface area (Å²) in [5, 5.41) is 11.5. The van der Waals surface area contributed by atoms with Gasteiger partial charge in [-0.2, -0.15) is 0 Å². The number of aromatic nitrogens is 3. The second-order valence-electron chi connectivity index (χ2n) is 6.94. The third kappa shape index (κ3) is 3.99. The maximum absolute atomic E-state index is 12.6. The van der Waals surface area contributed by atoms with Crippen LogP contribution in [0.15, 0.2) is 48.7 Å². The number of benzene rings is 1. The second kappa shape index (κ2) is 7.85. The first-order chi connectivity index (χ1) is 13.2. The quantitative estimate of drug-likeness (QED) is 0.741. The van der Waals surface area contributed by atoms with Crippen molar-refractivity contribution in [2.45, 2.75) is 0 Å². The smallest absolute Gasteiger partial charge is 0.252 e. The summed E-state index contributed by atoms with van der Waals surface area (Å²) in [5.41, 5.74) is 2.30. The van der Waals surface area contributed by atoms with Gasteiger partial charge in [-0.1, -0.05) is 30.3 Å². The van der Waals surface area contributed by atoms with Crippen LogP contribution in [0.3, 0.4) is 0 Å². The Bertz CT molecular complexity index is 915. The van der Waals surface area contributed by atoms with Crippen molar-refractivity contribution in [1.82, 2.24) is 29.7 Å². The number of fused-ring (bicyclic) bond motifs is 1. The fraction of sp³-hybridized carbons (Fsp3) is 0.350. The Morgan fingerprint density at radius 1 is 1.04 bits per heavy atom. The highest BCUT2D eigenvalue weighted by Crippen LogP contribution is 2.18.